The Morgan fingerprint density at radius 1 is 1.47 bits per heavy atom. The third-order valence-corrected chi connectivity index (χ3v) is 2.24. The van der Waals surface area contributed by atoms with Crippen LogP contribution in [0.4, 0.5) is 8.78 Å². The third-order valence-electron chi connectivity index (χ3n) is 1.87. The number of rotatable bonds is 6. The summed E-state index contributed by atoms with van der Waals surface area (Å²) in [4.78, 5) is 0. The average molecular weight is 282 g/mol. The van der Waals surface area contributed by atoms with Crippen LogP contribution in [0.1, 0.15) is 5.56 Å². The SMILES string of the molecule is C=C(Cl)CNCc1cc(Cl)ccc1OC(F)F. The Bertz CT molecular complexity index is 399. The van der Waals surface area contributed by atoms with Gasteiger partial charge in [-0.25, -0.2) is 0 Å². The quantitative estimate of drug-likeness (QED) is 0.857. The van der Waals surface area contributed by atoms with Gasteiger partial charge in [0.2, 0.25) is 0 Å². The molecule has 6 heteroatoms. The lowest BCUT2D eigenvalue weighted by Crippen LogP contribution is -2.16. The molecule has 1 aromatic carbocycles. The summed E-state index contributed by atoms with van der Waals surface area (Å²) in [5, 5.41) is 3.81. The molecule has 0 spiro atoms. The Hall–Kier alpha value is -0.840. The predicted molar refractivity (Wildman–Crippen MR) is 64.8 cm³/mol. The minimum atomic E-state index is -2.86. The van der Waals surface area contributed by atoms with Gasteiger partial charge in [0.15, 0.2) is 0 Å². The highest BCUT2D eigenvalue weighted by Gasteiger charge is 2.09. The molecule has 0 saturated carbocycles. The van der Waals surface area contributed by atoms with Crippen LogP contribution in [0.5, 0.6) is 5.75 Å². The Morgan fingerprint density at radius 2 is 2.18 bits per heavy atom. The van der Waals surface area contributed by atoms with E-state index in [1.54, 1.807) is 6.07 Å². The molecule has 0 radical (unpaired) electrons. The first-order valence-corrected chi connectivity index (χ1v) is 5.52. The Labute approximate surface area is 108 Å². The fourth-order valence-electron chi connectivity index (χ4n) is 1.23. The van der Waals surface area contributed by atoms with E-state index in [1.165, 1.54) is 12.1 Å². The van der Waals surface area contributed by atoms with E-state index >= 15 is 0 Å². The van der Waals surface area contributed by atoms with Crippen molar-refractivity contribution in [3.05, 3.63) is 40.4 Å². The molecule has 17 heavy (non-hydrogen) atoms. The van der Waals surface area contributed by atoms with Gasteiger partial charge in [-0.3, -0.25) is 0 Å². The summed E-state index contributed by atoms with van der Waals surface area (Å²) >= 11 is 11.3. The molecule has 0 unspecified atom stereocenters. The smallest absolute Gasteiger partial charge is 0.387 e. The number of hydrogen-bond donors (Lipinski definition) is 1. The van der Waals surface area contributed by atoms with E-state index in [2.05, 4.69) is 16.6 Å². The lowest BCUT2D eigenvalue weighted by Gasteiger charge is -2.11. The van der Waals surface area contributed by atoms with Gasteiger partial charge in [-0.2, -0.15) is 8.78 Å². The van der Waals surface area contributed by atoms with Crippen LogP contribution in [0.3, 0.4) is 0 Å². The summed E-state index contributed by atoms with van der Waals surface area (Å²) in [6, 6.07) is 4.45. The van der Waals surface area contributed by atoms with Gasteiger partial charge in [-0.05, 0) is 18.2 Å². The monoisotopic (exact) mass is 281 g/mol. The van der Waals surface area contributed by atoms with Gasteiger partial charge in [0, 0.05) is 28.7 Å². The number of nitrogens with one attached hydrogen (secondary N) is 1. The van der Waals surface area contributed by atoms with Gasteiger partial charge in [0.05, 0.1) is 0 Å². The second kappa shape index (κ2) is 6.79. The van der Waals surface area contributed by atoms with Crippen molar-refractivity contribution in [3.8, 4) is 5.75 Å². The van der Waals surface area contributed by atoms with Crippen molar-refractivity contribution in [2.75, 3.05) is 6.54 Å². The first-order chi connectivity index (χ1) is 7.99. The maximum Gasteiger partial charge on any atom is 0.387 e. The molecule has 0 aliphatic rings. The van der Waals surface area contributed by atoms with Crippen LogP contribution < -0.4 is 10.1 Å². The Kier molecular flexibility index (Phi) is 5.68. The van der Waals surface area contributed by atoms with Crippen molar-refractivity contribution in [1.82, 2.24) is 5.32 Å². The molecule has 1 N–H and O–H groups in total. The van der Waals surface area contributed by atoms with E-state index in [0.717, 1.165) is 0 Å². The number of ether oxygens (including phenoxy) is 1. The summed E-state index contributed by atoms with van der Waals surface area (Å²) in [6.45, 7) is 1.33. The standard InChI is InChI=1S/C11H11Cl2F2NO/c1-7(12)5-16-6-8-4-9(13)2-3-10(8)17-11(14)15/h2-4,11,16H,1,5-6H2. The van der Waals surface area contributed by atoms with E-state index in [-0.39, 0.29) is 5.75 Å². The predicted octanol–water partition coefficient (Wildman–Crippen LogP) is 3.78. The van der Waals surface area contributed by atoms with Gasteiger partial charge in [0.25, 0.3) is 0 Å². The number of alkyl halides is 2. The molecule has 0 amide bonds. The summed E-state index contributed by atoms with van der Waals surface area (Å²) in [7, 11) is 0. The minimum Gasteiger partial charge on any atom is -0.434 e. The summed E-state index contributed by atoms with van der Waals surface area (Å²) in [5.41, 5.74) is 0.538. The van der Waals surface area contributed by atoms with Gasteiger partial charge in [-0.15, -0.1) is 0 Å². The zero-order valence-corrected chi connectivity index (χ0v) is 10.4. The van der Waals surface area contributed by atoms with Crippen molar-refractivity contribution in [2.24, 2.45) is 0 Å². The van der Waals surface area contributed by atoms with Crippen molar-refractivity contribution in [1.29, 1.82) is 0 Å². The third kappa shape index (κ3) is 5.35. The van der Waals surface area contributed by atoms with Gasteiger partial charge >= 0.3 is 6.61 Å². The molecule has 0 saturated heterocycles. The first kappa shape index (κ1) is 14.2. The minimum absolute atomic E-state index is 0.0945. The molecule has 0 aliphatic carbocycles. The first-order valence-electron chi connectivity index (χ1n) is 4.76. The van der Waals surface area contributed by atoms with E-state index in [0.29, 0.717) is 28.7 Å². The fraction of sp³-hybridized carbons (Fsp3) is 0.273. The van der Waals surface area contributed by atoms with Crippen LogP contribution in [-0.4, -0.2) is 13.2 Å². The van der Waals surface area contributed by atoms with Crippen LogP contribution in [0.25, 0.3) is 0 Å². The lowest BCUT2D eigenvalue weighted by atomic mass is 10.2. The highest BCUT2D eigenvalue weighted by atomic mass is 35.5. The van der Waals surface area contributed by atoms with E-state index in [9.17, 15) is 8.78 Å². The maximum atomic E-state index is 12.1. The number of hydrogen-bond acceptors (Lipinski definition) is 2. The topological polar surface area (TPSA) is 21.3 Å². The fourth-order valence-corrected chi connectivity index (χ4v) is 1.52. The van der Waals surface area contributed by atoms with Crippen LogP contribution >= 0.6 is 23.2 Å². The molecule has 1 rings (SSSR count). The molecule has 0 heterocycles. The molecule has 1 aromatic rings. The van der Waals surface area contributed by atoms with Gasteiger partial charge in [0.1, 0.15) is 5.75 Å². The summed E-state index contributed by atoms with van der Waals surface area (Å²) < 4.78 is 28.7. The lowest BCUT2D eigenvalue weighted by molar-refractivity contribution is -0.0504. The second-order valence-corrected chi connectivity index (χ2v) is 4.22. The molecule has 0 bridgehead atoms. The van der Waals surface area contributed by atoms with Crippen LogP contribution in [0.15, 0.2) is 29.8 Å². The molecular weight excluding hydrogens is 271 g/mol. The Morgan fingerprint density at radius 3 is 2.76 bits per heavy atom. The zero-order valence-electron chi connectivity index (χ0n) is 8.85. The molecule has 0 atom stereocenters. The maximum absolute atomic E-state index is 12.1. The van der Waals surface area contributed by atoms with Crippen molar-refractivity contribution >= 4 is 23.2 Å². The van der Waals surface area contributed by atoms with E-state index in [4.69, 9.17) is 23.2 Å². The molecule has 94 valence electrons. The number of halogens is 4. The molecular formula is C11H11Cl2F2NO. The average Bonchev–Trinajstić information content (AvgIpc) is 2.21. The molecule has 2 nitrogen and oxygen atoms in total. The Balaban J connectivity index is 2.72. The van der Waals surface area contributed by atoms with Crippen molar-refractivity contribution < 1.29 is 13.5 Å². The molecule has 0 aromatic heterocycles. The summed E-state index contributed by atoms with van der Waals surface area (Å²) in [6.07, 6.45) is 0. The van der Waals surface area contributed by atoms with Crippen molar-refractivity contribution in [2.45, 2.75) is 13.2 Å². The van der Waals surface area contributed by atoms with Crippen LogP contribution in [-0.2, 0) is 6.54 Å². The molecule has 0 aliphatic heterocycles. The van der Waals surface area contributed by atoms with Crippen molar-refractivity contribution in [3.63, 3.8) is 0 Å². The summed E-state index contributed by atoms with van der Waals surface area (Å²) in [5.74, 6) is 0.0945. The molecule has 0 fully saturated rings. The largest absolute Gasteiger partial charge is 0.434 e. The van der Waals surface area contributed by atoms with Gasteiger partial charge < -0.3 is 10.1 Å². The van der Waals surface area contributed by atoms with Crippen LogP contribution in [0.2, 0.25) is 5.02 Å². The highest BCUT2D eigenvalue weighted by molar-refractivity contribution is 6.30. The van der Waals surface area contributed by atoms with E-state index in [1.807, 2.05) is 0 Å². The van der Waals surface area contributed by atoms with Gasteiger partial charge in [-0.1, -0.05) is 29.8 Å². The number of benzene rings is 1. The normalized spacial score (nSPS) is 10.6. The highest BCUT2D eigenvalue weighted by Crippen LogP contribution is 2.24. The zero-order chi connectivity index (χ0) is 12.8. The van der Waals surface area contributed by atoms with E-state index < -0.39 is 6.61 Å². The second-order valence-electron chi connectivity index (χ2n) is 3.25. The van der Waals surface area contributed by atoms with Crippen LogP contribution in [0, 0.1) is 0 Å².